The quantitative estimate of drug-likeness (QED) is 0.787. The van der Waals surface area contributed by atoms with Gasteiger partial charge >= 0.3 is 0 Å². The molecule has 1 aromatic carbocycles. The summed E-state index contributed by atoms with van der Waals surface area (Å²) in [5, 5.41) is 15.4. The number of halogens is 3. The summed E-state index contributed by atoms with van der Waals surface area (Å²) in [4.78, 5) is 4.12. The predicted octanol–water partition coefficient (Wildman–Crippen LogP) is 3.03. The summed E-state index contributed by atoms with van der Waals surface area (Å²) in [6.07, 6.45) is -0.587. The van der Waals surface area contributed by atoms with E-state index in [1.807, 2.05) is 18.2 Å². The molecule has 0 spiro atoms. The van der Waals surface area contributed by atoms with Gasteiger partial charge in [-0.3, -0.25) is 0 Å². The van der Waals surface area contributed by atoms with Crippen LogP contribution in [0.3, 0.4) is 0 Å². The molecular weight excluding hydrogens is 336 g/mol. The molecule has 0 radical (unpaired) electrons. The van der Waals surface area contributed by atoms with Crippen LogP contribution in [-0.2, 0) is 6.42 Å². The minimum atomic E-state index is -2.71. The van der Waals surface area contributed by atoms with Crippen molar-refractivity contribution >= 4 is 29.6 Å². The number of aromatic nitrogens is 3. The smallest absolute Gasteiger partial charge is 0.280 e. The van der Waals surface area contributed by atoms with Gasteiger partial charge in [-0.25, -0.2) is 18.3 Å². The lowest BCUT2D eigenvalue weighted by Crippen LogP contribution is -2.16. The molecule has 0 aliphatic rings. The minimum absolute atomic E-state index is 0.0169. The third-order valence-electron chi connectivity index (χ3n) is 3.68. The van der Waals surface area contributed by atoms with E-state index in [0.717, 1.165) is 10.1 Å². The Labute approximate surface area is 141 Å². The summed E-state index contributed by atoms with van der Waals surface area (Å²) in [5.41, 5.74) is 0.742. The second-order valence-corrected chi connectivity index (χ2v) is 5.71. The van der Waals surface area contributed by atoms with Crippen LogP contribution >= 0.6 is 11.6 Å². The molecule has 4 nitrogen and oxygen atoms in total. The van der Waals surface area contributed by atoms with Crippen molar-refractivity contribution in [1.82, 2.24) is 14.6 Å². The van der Waals surface area contributed by atoms with Crippen LogP contribution in [0.5, 0.6) is 0 Å². The van der Waals surface area contributed by atoms with Crippen LogP contribution in [0.25, 0.3) is 18.0 Å². The molecule has 0 atom stereocenters. The third-order valence-corrected chi connectivity index (χ3v) is 4.04. The van der Waals surface area contributed by atoms with Gasteiger partial charge in [-0.15, -0.1) is 0 Å². The largest absolute Gasteiger partial charge is 0.511 e. The maximum atomic E-state index is 13.1. The van der Waals surface area contributed by atoms with E-state index >= 15 is 0 Å². The predicted molar refractivity (Wildman–Crippen MR) is 88.5 cm³/mol. The molecule has 24 heavy (non-hydrogen) atoms. The average molecular weight is 350 g/mol. The number of benzene rings is 1. The summed E-state index contributed by atoms with van der Waals surface area (Å²) in [5.74, 6) is 0.0169. The van der Waals surface area contributed by atoms with Crippen molar-refractivity contribution in [2.75, 3.05) is 0 Å². The number of alkyl halides is 2. The van der Waals surface area contributed by atoms with Crippen LogP contribution in [0.4, 0.5) is 8.78 Å². The highest BCUT2D eigenvalue weighted by atomic mass is 35.5. The van der Waals surface area contributed by atoms with Gasteiger partial charge in [0.2, 0.25) is 0 Å². The van der Waals surface area contributed by atoms with Crippen molar-refractivity contribution in [3.05, 3.63) is 63.4 Å². The number of hydrogen-bond donors (Lipinski definition) is 1. The topological polar surface area (TPSA) is 50.4 Å². The van der Waals surface area contributed by atoms with E-state index in [0.29, 0.717) is 16.7 Å². The number of nitrogens with zero attached hydrogens (tertiary/aromatic N) is 3. The molecular formula is C17H14ClF2N3O. The highest BCUT2D eigenvalue weighted by Gasteiger charge is 2.15. The van der Waals surface area contributed by atoms with Crippen molar-refractivity contribution in [3.8, 4) is 0 Å². The first-order valence-corrected chi connectivity index (χ1v) is 7.62. The zero-order valence-corrected chi connectivity index (χ0v) is 13.3. The number of rotatable bonds is 4. The molecule has 3 rings (SSSR count). The molecule has 0 amide bonds. The molecule has 2 aromatic heterocycles. The van der Waals surface area contributed by atoms with Gasteiger partial charge < -0.3 is 5.11 Å². The van der Waals surface area contributed by atoms with Gasteiger partial charge in [-0.05, 0) is 24.1 Å². The van der Waals surface area contributed by atoms with E-state index in [2.05, 4.69) is 16.7 Å². The molecule has 0 fully saturated rings. The first-order valence-electron chi connectivity index (χ1n) is 7.24. The lowest BCUT2D eigenvalue weighted by molar-refractivity contribution is 0.143. The van der Waals surface area contributed by atoms with E-state index in [1.54, 1.807) is 6.07 Å². The number of fused-ring (bicyclic) bond motifs is 1. The molecule has 0 aliphatic carbocycles. The molecule has 0 saturated carbocycles. The van der Waals surface area contributed by atoms with Gasteiger partial charge in [0.1, 0.15) is 11.5 Å². The molecule has 0 bridgehead atoms. The van der Waals surface area contributed by atoms with Gasteiger partial charge in [-0.2, -0.15) is 5.10 Å². The molecule has 1 N–H and O–H groups in total. The zero-order valence-electron chi connectivity index (χ0n) is 12.6. The van der Waals surface area contributed by atoms with E-state index in [1.165, 1.54) is 12.3 Å². The fraction of sp³-hybridized carbons (Fsp3) is 0.176. The molecule has 3 aromatic rings. The van der Waals surface area contributed by atoms with Gasteiger partial charge in [0.15, 0.2) is 5.65 Å². The van der Waals surface area contributed by atoms with E-state index in [-0.39, 0.29) is 28.9 Å². The maximum Gasteiger partial charge on any atom is 0.280 e. The third kappa shape index (κ3) is 3.10. The Balaban J connectivity index is 2.03. The van der Waals surface area contributed by atoms with Crippen molar-refractivity contribution in [2.24, 2.45) is 0 Å². The number of hydrogen-bond acceptors (Lipinski definition) is 3. The first-order chi connectivity index (χ1) is 11.5. The van der Waals surface area contributed by atoms with Gasteiger partial charge in [-0.1, -0.05) is 36.4 Å². The summed E-state index contributed by atoms with van der Waals surface area (Å²) in [7, 11) is 0. The highest BCUT2D eigenvalue weighted by Crippen LogP contribution is 2.19. The normalized spacial score (nSPS) is 12.8. The van der Waals surface area contributed by atoms with Crippen LogP contribution in [0.1, 0.15) is 24.1 Å². The maximum absolute atomic E-state index is 13.1. The highest BCUT2D eigenvalue weighted by molar-refractivity contribution is 6.31. The molecule has 7 heteroatoms. The Morgan fingerprint density at radius 3 is 2.79 bits per heavy atom. The molecule has 0 unspecified atom stereocenters. The summed E-state index contributed by atoms with van der Waals surface area (Å²) in [6, 6.07) is 8.50. The number of aliphatic hydroxyl groups excluding tert-OH is 1. The second-order valence-electron chi connectivity index (χ2n) is 5.30. The fourth-order valence-electron chi connectivity index (χ4n) is 2.49. The van der Waals surface area contributed by atoms with E-state index in [4.69, 9.17) is 11.6 Å². The standard InChI is InChI=1S/C17H14ClF2N3O/c1-10-8-14(16(19)20)23-17(22-10)12(9-21-23)15(24)7-6-11-4-2-3-5-13(11)18/h2-5,8-9,16,24H,1,6-7H2. The SMILES string of the molecule is C=c1cc(C(F)F)n2ncc(=C(O)CCc3ccccc3Cl)c2n1. The van der Waals surface area contributed by atoms with Crippen LogP contribution < -0.4 is 10.6 Å². The summed E-state index contributed by atoms with van der Waals surface area (Å²) in [6.45, 7) is 3.61. The van der Waals surface area contributed by atoms with Gasteiger partial charge in [0.05, 0.1) is 16.8 Å². The Kier molecular flexibility index (Phi) is 4.49. The Morgan fingerprint density at radius 1 is 1.33 bits per heavy atom. The first kappa shape index (κ1) is 16.4. The van der Waals surface area contributed by atoms with Crippen LogP contribution in [0.15, 0.2) is 36.5 Å². The Morgan fingerprint density at radius 2 is 2.08 bits per heavy atom. The second kappa shape index (κ2) is 6.57. The Hall–Kier alpha value is -2.47. The average Bonchev–Trinajstić information content (AvgIpc) is 2.96. The lowest BCUT2D eigenvalue weighted by Gasteiger charge is -2.04. The van der Waals surface area contributed by atoms with Crippen LogP contribution in [0.2, 0.25) is 5.02 Å². The lowest BCUT2D eigenvalue weighted by atomic mass is 10.1. The molecule has 0 saturated heterocycles. The van der Waals surface area contributed by atoms with Crippen molar-refractivity contribution < 1.29 is 13.9 Å². The van der Waals surface area contributed by atoms with E-state index < -0.39 is 6.43 Å². The van der Waals surface area contributed by atoms with Crippen LogP contribution in [0, 0.1) is 0 Å². The van der Waals surface area contributed by atoms with Crippen LogP contribution in [-0.4, -0.2) is 19.7 Å². The number of aliphatic hydroxyl groups is 1. The minimum Gasteiger partial charge on any atom is -0.511 e. The monoisotopic (exact) mass is 349 g/mol. The fourth-order valence-corrected chi connectivity index (χ4v) is 2.72. The summed E-state index contributed by atoms with van der Waals surface area (Å²) >= 11 is 6.09. The molecule has 2 heterocycles. The molecule has 124 valence electrons. The van der Waals surface area contributed by atoms with Crippen molar-refractivity contribution in [2.45, 2.75) is 19.3 Å². The molecule has 0 aliphatic heterocycles. The van der Waals surface area contributed by atoms with Gasteiger partial charge in [0, 0.05) is 11.4 Å². The Bertz CT molecular complexity index is 1000. The van der Waals surface area contributed by atoms with Gasteiger partial charge in [0.25, 0.3) is 6.43 Å². The number of aryl methyl sites for hydroxylation is 1. The zero-order chi connectivity index (χ0) is 17.3. The van der Waals surface area contributed by atoms with Crippen molar-refractivity contribution in [1.29, 1.82) is 0 Å². The summed E-state index contributed by atoms with van der Waals surface area (Å²) < 4.78 is 27.2. The van der Waals surface area contributed by atoms with E-state index in [9.17, 15) is 13.9 Å². The van der Waals surface area contributed by atoms with Crippen molar-refractivity contribution in [3.63, 3.8) is 0 Å².